The zero-order valence-electron chi connectivity index (χ0n) is 13.4. The molecule has 0 fully saturated rings. The third-order valence-corrected chi connectivity index (χ3v) is 4.00. The first-order valence-corrected chi connectivity index (χ1v) is 7.67. The van der Waals surface area contributed by atoms with E-state index < -0.39 is 0 Å². The fourth-order valence-electron chi connectivity index (χ4n) is 2.55. The van der Waals surface area contributed by atoms with E-state index in [1.165, 1.54) is 17.5 Å². The lowest BCUT2D eigenvalue weighted by molar-refractivity contribution is 0.861. The van der Waals surface area contributed by atoms with Crippen molar-refractivity contribution in [1.29, 1.82) is 0 Å². The van der Waals surface area contributed by atoms with Crippen LogP contribution in [0.15, 0.2) is 55.1 Å². The Morgan fingerprint density at radius 2 is 1.88 bits per heavy atom. The molecule has 4 rings (SSSR count). The van der Waals surface area contributed by atoms with Crippen LogP contribution in [-0.2, 0) is 0 Å². The second-order valence-corrected chi connectivity index (χ2v) is 5.63. The number of nitrogens with zero attached hydrogens (tertiary/aromatic N) is 5. The van der Waals surface area contributed by atoms with E-state index in [0.717, 1.165) is 28.4 Å². The number of hydrogen-bond acceptors (Lipinski definition) is 5. The molecular weight excluding hydrogens is 300 g/mol. The van der Waals surface area contributed by atoms with E-state index in [-0.39, 0.29) is 0 Å². The average Bonchev–Trinajstić information content (AvgIpc) is 3.04. The van der Waals surface area contributed by atoms with Gasteiger partial charge in [-0.3, -0.25) is 0 Å². The second kappa shape index (κ2) is 5.73. The number of pyridine rings is 1. The number of fused-ring (bicyclic) bond motifs is 1. The molecule has 0 spiro atoms. The van der Waals surface area contributed by atoms with Crippen LogP contribution in [0, 0.1) is 13.8 Å². The average molecular weight is 316 g/mol. The van der Waals surface area contributed by atoms with Gasteiger partial charge in [0.2, 0.25) is 0 Å². The van der Waals surface area contributed by atoms with Crippen molar-refractivity contribution in [2.45, 2.75) is 13.8 Å². The van der Waals surface area contributed by atoms with Crippen LogP contribution >= 0.6 is 0 Å². The fourth-order valence-corrected chi connectivity index (χ4v) is 2.55. The predicted molar refractivity (Wildman–Crippen MR) is 93.7 cm³/mol. The van der Waals surface area contributed by atoms with E-state index in [0.29, 0.717) is 0 Å². The first kappa shape index (κ1) is 14.3. The van der Waals surface area contributed by atoms with Crippen LogP contribution < -0.4 is 5.32 Å². The molecule has 0 unspecified atom stereocenters. The summed E-state index contributed by atoms with van der Waals surface area (Å²) >= 11 is 0. The molecule has 0 amide bonds. The van der Waals surface area contributed by atoms with Crippen molar-refractivity contribution in [2.24, 2.45) is 0 Å². The highest BCUT2D eigenvalue weighted by Crippen LogP contribution is 2.25. The maximum Gasteiger partial charge on any atom is 0.170 e. The molecule has 4 aromatic rings. The lowest BCUT2D eigenvalue weighted by Crippen LogP contribution is -2.01. The maximum absolute atomic E-state index is 4.41. The SMILES string of the molecule is Cc1ccc(Nc2ncnc3c2cnn3-c2ccccn2)cc1C. The lowest BCUT2D eigenvalue weighted by Gasteiger charge is -2.08. The number of aromatic nitrogens is 5. The van der Waals surface area contributed by atoms with Crippen molar-refractivity contribution in [1.82, 2.24) is 24.7 Å². The number of rotatable bonds is 3. The van der Waals surface area contributed by atoms with Gasteiger partial charge in [-0.2, -0.15) is 9.78 Å². The normalized spacial score (nSPS) is 10.9. The Kier molecular flexibility index (Phi) is 3.42. The molecule has 0 aliphatic rings. The Labute approximate surface area is 139 Å². The molecule has 3 heterocycles. The van der Waals surface area contributed by atoms with Gasteiger partial charge in [-0.15, -0.1) is 0 Å². The maximum atomic E-state index is 4.41. The summed E-state index contributed by atoms with van der Waals surface area (Å²) in [4.78, 5) is 13.1. The van der Waals surface area contributed by atoms with Crippen molar-refractivity contribution in [3.8, 4) is 5.82 Å². The van der Waals surface area contributed by atoms with Gasteiger partial charge in [-0.1, -0.05) is 12.1 Å². The van der Waals surface area contributed by atoms with Gasteiger partial charge >= 0.3 is 0 Å². The van der Waals surface area contributed by atoms with Gasteiger partial charge in [0.05, 0.1) is 11.6 Å². The van der Waals surface area contributed by atoms with Crippen LogP contribution in [0.5, 0.6) is 0 Å². The van der Waals surface area contributed by atoms with Crippen molar-refractivity contribution in [3.05, 3.63) is 66.2 Å². The van der Waals surface area contributed by atoms with Gasteiger partial charge in [-0.05, 0) is 49.2 Å². The highest BCUT2D eigenvalue weighted by atomic mass is 15.3. The van der Waals surface area contributed by atoms with Gasteiger partial charge in [0.25, 0.3) is 0 Å². The second-order valence-electron chi connectivity index (χ2n) is 5.63. The number of nitrogens with one attached hydrogen (secondary N) is 1. The molecule has 118 valence electrons. The Balaban J connectivity index is 1.77. The molecular formula is C18H16N6. The molecule has 1 N–H and O–H groups in total. The Morgan fingerprint density at radius 1 is 0.958 bits per heavy atom. The summed E-state index contributed by atoms with van der Waals surface area (Å²) in [6.45, 7) is 4.19. The smallest absolute Gasteiger partial charge is 0.170 e. The molecule has 0 aliphatic heterocycles. The van der Waals surface area contributed by atoms with Crippen LogP contribution in [0.4, 0.5) is 11.5 Å². The quantitative estimate of drug-likeness (QED) is 0.626. The van der Waals surface area contributed by atoms with Gasteiger partial charge < -0.3 is 5.32 Å². The van der Waals surface area contributed by atoms with E-state index in [1.807, 2.05) is 24.3 Å². The zero-order chi connectivity index (χ0) is 16.5. The van der Waals surface area contributed by atoms with Crippen LogP contribution in [0.3, 0.4) is 0 Å². The molecule has 6 nitrogen and oxygen atoms in total. The predicted octanol–water partition coefficient (Wildman–Crippen LogP) is 3.57. The van der Waals surface area contributed by atoms with Crippen LogP contribution in [-0.4, -0.2) is 24.7 Å². The standard InChI is InChI=1S/C18H16N6/c1-12-6-7-14(9-13(12)2)23-17-15-10-22-24(18(15)21-11-20-17)16-5-3-4-8-19-16/h3-11H,1-2H3,(H,20,21,23). The third kappa shape index (κ3) is 2.48. The first-order valence-electron chi connectivity index (χ1n) is 7.67. The van der Waals surface area contributed by atoms with Crippen LogP contribution in [0.2, 0.25) is 0 Å². The van der Waals surface area contributed by atoms with E-state index >= 15 is 0 Å². The Bertz CT molecular complexity index is 1010. The summed E-state index contributed by atoms with van der Waals surface area (Å²) in [5.74, 6) is 1.45. The van der Waals surface area contributed by atoms with Crippen molar-refractivity contribution < 1.29 is 0 Å². The van der Waals surface area contributed by atoms with E-state index in [4.69, 9.17) is 0 Å². The van der Waals surface area contributed by atoms with Crippen LogP contribution in [0.1, 0.15) is 11.1 Å². The minimum Gasteiger partial charge on any atom is -0.340 e. The molecule has 0 atom stereocenters. The summed E-state index contributed by atoms with van der Waals surface area (Å²) in [6.07, 6.45) is 5.03. The van der Waals surface area contributed by atoms with Gasteiger partial charge in [0.15, 0.2) is 11.5 Å². The molecule has 0 aliphatic carbocycles. The lowest BCUT2D eigenvalue weighted by atomic mass is 10.1. The molecule has 3 aromatic heterocycles. The van der Waals surface area contributed by atoms with Crippen molar-refractivity contribution >= 4 is 22.5 Å². The van der Waals surface area contributed by atoms with E-state index in [2.05, 4.69) is 51.3 Å². The molecule has 0 saturated heterocycles. The monoisotopic (exact) mass is 316 g/mol. The third-order valence-electron chi connectivity index (χ3n) is 4.00. The summed E-state index contributed by atoms with van der Waals surface area (Å²) in [6, 6.07) is 11.9. The summed E-state index contributed by atoms with van der Waals surface area (Å²) in [5, 5.41) is 8.61. The van der Waals surface area contributed by atoms with Gasteiger partial charge in [0.1, 0.15) is 12.1 Å². The highest BCUT2D eigenvalue weighted by molar-refractivity contribution is 5.88. The number of benzene rings is 1. The van der Waals surface area contributed by atoms with Crippen molar-refractivity contribution in [2.75, 3.05) is 5.32 Å². The summed E-state index contributed by atoms with van der Waals surface area (Å²) in [5.41, 5.74) is 4.20. The zero-order valence-corrected chi connectivity index (χ0v) is 13.4. The molecule has 0 radical (unpaired) electrons. The first-order chi connectivity index (χ1) is 11.7. The molecule has 1 aromatic carbocycles. The largest absolute Gasteiger partial charge is 0.340 e. The fraction of sp³-hybridized carbons (Fsp3) is 0.111. The minimum absolute atomic E-state index is 0.718. The molecule has 6 heteroatoms. The minimum atomic E-state index is 0.718. The van der Waals surface area contributed by atoms with Gasteiger partial charge in [0, 0.05) is 11.9 Å². The number of aryl methyl sites for hydroxylation is 2. The van der Waals surface area contributed by atoms with E-state index in [9.17, 15) is 0 Å². The number of hydrogen-bond donors (Lipinski definition) is 1. The Morgan fingerprint density at radius 3 is 2.67 bits per heavy atom. The molecule has 0 saturated carbocycles. The van der Waals surface area contributed by atoms with Crippen molar-refractivity contribution in [3.63, 3.8) is 0 Å². The summed E-state index contributed by atoms with van der Waals surface area (Å²) in [7, 11) is 0. The topological polar surface area (TPSA) is 68.5 Å². The Hall–Kier alpha value is -3.28. The van der Waals surface area contributed by atoms with Crippen LogP contribution in [0.25, 0.3) is 16.9 Å². The number of anilines is 2. The summed E-state index contributed by atoms with van der Waals surface area (Å²) < 4.78 is 1.71. The van der Waals surface area contributed by atoms with E-state index in [1.54, 1.807) is 17.1 Å². The highest BCUT2D eigenvalue weighted by Gasteiger charge is 2.12. The van der Waals surface area contributed by atoms with Gasteiger partial charge in [-0.25, -0.2) is 15.0 Å². The molecule has 0 bridgehead atoms. The molecule has 24 heavy (non-hydrogen) atoms.